The molecule has 3 aromatic carbocycles. The third-order valence-corrected chi connectivity index (χ3v) is 7.71. The Hall–Kier alpha value is -3.18. The fourth-order valence-electron chi connectivity index (χ4n) is 5.78. The van der Waals surface area contributed by atoms with Crippen molar-refractivity contribution in [1.29, 1.82) is 0 Å². The van der Waals surface area contributed by atoms with Gasteiger partial charge in [0.2, 0.25) is 0 Å². The Labute approximate surface area is 214 Å². The summed E-state index contributed by atoms with van der Waals surface area (Å²) in [5, 5.41) is 4.43. The molecule has 36 heavy (non-hydrogen) atoms. The molecule has 2 aliphatic heterocycles. The average Bonchev–Trinajstić information content (AvgIpc) is 2.93. The maximum absolute atomic E-state index is 13.4. The molecular formula is C31H37FN4. The van der Waals surface area contributed by atoms with E-state index in [4.69, 9.17) is 0 Å². The Morgan fingerprint density at radius 3 is 2.28 bits per heavy atom. The molecule has 0 radical (unpaired) electrons. The van der Waals surface area contributed by atoms with Gasteiger partial charge in [0.05, 0.1) is 0 Å². The van der Waals surface area contributed by atoms with Crippen LogP contribution in [0.15, 0.2) is 84.0 Å². The molecule has 0 aliphatic carbocycles. The van der Waals surface area contributed by atoms with E-state index in [0.717, 1.165) is 57.7 Å². The van der Waals surface area contributed by atoms with Crippen molar-refractivity contribution in [2.24, 2.45) is 11.0 Å². The first kappa shape index (κ1) is 24.5. The minimum absolute atomic E-state index is 0.144. The highest BCUT2D eigenvalue weighted by atomic mass is 19.1. The number of fused-ring (bicyclic) bond motifs is 1. The Bertz CT molecular complexity index is 1070. The molecule has 2 heterocycles. The van der Waals surface area contributed by atoms with Crippen molar-refractivity contribution in [2.75, 3.05) is 32.7 Å². The fourth-order valence-corrected chi connectivity index (χ4v) is 5.78. The zero-order valence-electron chi connectivity index (χ0n) is 21.0. The summed E-state index contributed by atoms with van der Waals surface area (Å²) in [6.07, 6.45) is 6.32. The first-order chi connectivity index (χ1) is 17.8. The van der Waals surface area contributed by atoms with Gasteiger partial charge in [-0.3, -0.25) is 0 Å². The van der Waals surface area contributed by atoms with Gasteiger partial charge in [0, 0.05) is 25.6 Å². The molecule has 0 spiro atoms. The van der Waals surface area contributed by atoms with Crippen molar-refractivity contribution in [2.45, 2.75) is 38.1 Å². The molecule has 1 saturated heterocycles. The molecule has 0 amide bonds. The fraction of sp³-hybridized carbons (Fsp3) is 0.387. The van der Waals surface area contributed by atoms with Crippen LogP contribution in [0.2, 0.25) is 0 Å². The minimum atomic E-state index is -0.144. The highest BCUT2D eigenvalue weighted by molar-refractivity contribution is 5.55. The average molecular weight is 485 g/mol. The maximum atomic E-state index is 13.4. The van der Waals surface area contributed by atoms with E-state index in [1.54, 1.807) is 12.1 Å². The highest BCUT2D eigenvalue weighted by Crippen LogP contribution is 2.37. The molecule has 0 unspecified atom stereocenters. The Morgan fingerprint density at radius 1 is 0.889 bits per heavy atom. The summed E-state index contributed by atoms with van der Waals surface area (Å²) in [5.74, 6) is 1.01. The summed E-state index contributed by atoms with van der Waals surface area (Å²) in [6.45, 7) is 5.99. The van der Waals surface area contributed by atoms with Crippen LogP contribution in [0.25, 0.3) is 0 Å². The van der Waals surface area contributed by atoms with Gasteiger partial charge < -0.3 is 15.2 Å². The number of hydrogen-bond donors (Lipinski definition) is 1. The number of benzene rings is 3. The third kappa shape index (κ3) is 6.33. The van der Waals surface area contributed by atoms with Gasteiger partial charge >= 0.3 is 0 Å². The molecular weight excluding hydrogens is 447 g/mol. The predicted octanol–water partition coefficient (Wildman–Crippen LogP) is 5.65. The van der Waals surface area contributed by atoms with E-state index in [-0.39, 0.29) is 5.82 Å². The highest BCUT2D eigenvalue weighted by Gasteiger charge is 2.28. The number of nitrogens with one attached hydrogen (secondary N) is 1. The zero-order valence-corrected chi connectivity index (χ0v) is 21.0. The van der Waals surface area contributed by atoms with Crippen molar-refractivity contribution < 1.29 is 4.39 Å². The molecule has 4 nitrogen and oxygen atoms in total. The second kappa shape index (κ2) is 12.2. The van der Waals surface area contributed by atoms with E-state index in [9.17, 15) is 4.39 Å². The molecule has 5 rings (SSSR count). The normalized spacial score (nSPS) is 17.0. The SMILES string of the molecule is Fc1ccc2c(c1)CCN(C=NNCCCN1CCC(C(c3ccccc3)c3ccccc3)CC1)C2. The van der Waals surface area contributed by atoms with Gasteiger partial charge in [-0.25, -0.2) is 4.39 Å². The molecule has 0 saturated carbocycles. The lowest BCUT2D eigenvalue weighted by Crippen LogP contribution is -2.37. The molecule has 0 aromatic heterocycles. The standard InChI is InChI=1S/C31H37FN4/c32-30-13-12-29-23-36(21-16-28(29)22-30)24-34-33-17-7-18-35-19-14-27(15-20-35)31(25-8-3-1-4-9-25)26-10-5-2-6-11-26/h1-6,8-13,22,24,27,31,33H,7,14-21,23H2. The van der Waals surface area contributed by atoms with Crippen molar-refractivity contribution in [1.82, 2.24) is 15.2 Å². The topological polar surface area (TPSA) is 30.9 Å². The van der Waals surface area contributed by atoms with Crippen LogP contribution in [-0.2, 0) is 13.0 Å². The van der Waals surface area contributed by atoms with E-state index >= 15 is 0 Å². The number of piperidine rings is 1. The molecule has 188 valence electrons. The Balaban J connectivity index is 1.04. The molecule has 1 N–H and O–H groups in total. The lowest BCUT2D eigenvalue weighted by molar-refractivity contribution is 0.173. The van der Waals surface area contributed by atoms with Crippen LogP contribution < -0.4 is 5.43 Å². The summed E-state index contributed by atoms with van der Waals surface area (Å²) >= 11 is 0. The largest absolute Gasteiger partial charge is 0.357 e. The van der Waals surface area contributed by atoms with E-state index < -0.39 is 0 Å². The summed E-state index contributed by atoms with van der Waals surface area (Å²) in [7, 11) is 0. The van der Waals surface area contributed by atoms with Crippen LogP contribution in [0.1, 0.15) is 47.4 Å². The van der Waals surface area contributed by atoms with Crippen LogP contribution in [0.3, 0.4) is 0 Å². The number of hydrogen-bond acceptors (Lipinski definition) is 3. The number of likely N-dealkylation sites (tertiary alicyclic amines) is 1. The number of halogens is 1. The van der Waals surface area contributed by atoms with Gasteiger partial charge in [0.1, 0.15) is 12.2 Å². The quantitative estimate of drug-likeness (QED) is 0.184. The van der Waals surface area contributed by atoms with Crippen LogP contribution in [0.5, 0.6) is 0 Å². The van der Waals surface area contributed by atoms with Gasteiger partial charge in [-0.1, -0.05) is 66.7 Å². The zero-order chi connectivity index (χ0) is 24.6. The van der Waals surface area contributed by atoms with E-state index in [1.165, 1.54) is 29.5 Å². The van der Waals surface area contributed by atoms with E-state index in [1.807, 2.05) is 12.4 Å². The van der Waals surface area contributed by atoms with E-state index in [0.29, 0.717) is 11.8 Å². The first-order valence-electron chi connectivity index (χ1n) is 13.4. The number of rotatable bonds is 9. The van der Waals surface area contributed by atoms with Crippen molar-refractivity contribution in [3.05, 3.63) is 107 Å². The lowest BCUT2D eigenvalue weighted by atomic mass is 9.76. The van der Waals surface area contributed by atoms with Gasteiger partial charge in [0.15, 0.2) is 0 Å². The van der Waals surface area contributed by atoms with Crippen LogP contribution in [0.4, 0.5) is 4.39 Å². The predicted molar refractivity (Wildman–Crippen MR) is 146 cm³/mol. The molecule has 0 atom stereocenters. The first-order valence-corrected chi connectivity index (χ1v) is 13.4. The molecule has 1 fully saturated rings. The minimum Gasteiger partial charge on any atom is -0.357 e. The van der Waals surface area contributed by atoms with Crippen LogP contribution >= 0.6 is 0 Å². The Kier molecular flexibility index (Phi) is 8.29. The van der Waals surface area contributed by atoms with Gasteiger partial charge in [-0.15, -0.1) is 0 Å². The summed E-state index contributed by atoms with van der Waals surface area (Å²) in [4.78, 5) is 4.80. The second-order valence-electron chi connectivity index (χ2n) is 10.1. The van der Waals surface area contributed by atoms with Gasteiger partial charge in [0.25, 0.3) is 0 Å². The lowest BCUT2D eigenvalue weighted by Gasteiger charge is -2.36. The molecule has 5 heteroatoms. The summed E-state index contributed by atoms with van der Waals surface area (Å²) in [5.41, 5.74) is 8.41. The summed E-state index contributed by atoms with van der Waals surface area (Å²) < 4.78 is 13.4. The van der Waals surface area contributed by atoms with Crippen molar-refractivity contribution in [3.63, 3.8) is 0 Å². The van der Waals surface area contributed by atoms with Crippen LogP contribution in [0, 0.1) is 11.7 Å². The molecule has 2 aliphatic rings. The van der Waals surface area contributed by atoms with E-state index in [2.05, 4.69) is 81.0 Å². The van der Waals surface area contributed by atoms with Gasteiger partial charge in [-0.05, 0) is 85.6 Å². The number of hydrazone groups is 1. The van der Waals surface area contributed by atoms with Gasteiger partial charge in [-0.2, -0.15) is 5.10 Å². The molecule has 3 aromatic rings. The maximum Gasteiger partial charge on any atom is 0.123 e. The number of nitrogens with zero attached hydrogens (tertiary/aromatic N) is 3. The molecule has 0 bridgehead atoms. The van der Waals surface area contributed by atoms with Crippen molar-refractivity contribution in [3.8, 4) is 0 Å². The monoisotopic (exact) mass is 484 g/mol. The third-order valence-electron chi connectivity index (χ3n) is 7.71. The van der Waals surface area contributed by atoms with Crippen LogP contribution in [-0.4, -0.2) is 48.9 Å². The van der Waals surface area contributed by atoms with Crippen molar-refractivity contribution >= 4 is 6.34 Å². The second-order valence-corrected chi connectivity index (χ2v) is 10.1. The Morgan fingerprint density at radius 2 is 1.58 bits per heavy atom. The smallest absolute Gasteiger partial charge is 0.123 e. The summed E-state index contributed by atoms with van der Waals surface area (Å²) in [6, 6.07) is 27.2.